The molecule has 1 aliphatic carbocycles. The van der Waals surface area contributed by atoms with E-state index in [1.807, 2.05) is 0 Å². The second kappa shape index (κ2) is 4.92. The fraction of sp³-hybridized carbons (Fsp3) is 0.286. The number of rotatable bonds is 4. The molecule has 88 valence electrons. The summed E-state index contributed by atoms with van der Waals surface area (Å²) in [4.78, 5) is 1.39. The molecule has 0 fully saturated rings. The summed E-state index contributed by atoms with van der Waals surface area (Å²) in [5.41, 5.74) is 3.06. The molecule has 2 aromatic rings. The second-order valence-corrected chi connectivity index (χ2v) is 6.98. The molecule has 0 saturated carbocycles. The van der Waals surface area contributed by atoms with E-state index in [2.05, 4.69) is 57.6 Å². The molecule has 3 heteroatoms. The summed E-state index contributed by atoms with van der Waals surface area (Å²) in [5, 5.41) is 3.55. The molecule has 3 rings (SSSR count). The average Bonchev–Trinajstić information content (AvgIpc) is 2.71. The largest absolute Gasteiger partial charge is 0.311 e. The SMILES string of the molecule is Brc1ccc(CNCC2Cc3ccccc32)s1. The molecular weight excluding hydrogens is 294 g/mol. The topological polar surface area (TPSA) is 12.0 Å². The van der Waals surface area contributed by atoms with Gasteiger partial charge in [0, 0.05) is 23.9 Å². The van der Waals surface area contributed by atoms with Crippen molar-refractivity contribution < 1.29 is 0 Å². The maximum atomic E-state index is 3.55. The van der Waals surface area contributed by atoms with E-state index in [4.69, 9.17) is 0 Å². The zero-order valence-corrected chi connectivity index (χ0v) is 11.9. The van der Waals surface area contributed by atoms with Gasteiger partial charge in [0.05, 0.1) is 3.79 Å². The molecule has 1 aromatic heterocycles. The predicted molar refractivity (Wildman–Crippen MR) is 76.6 cm³/mol. The van der Waals surface area contributed by atoms with Crippen LogP contribution in [0.4, 0.5) is 0 Å². The summed E-state index contributed by atoms with van der Waals surface area (Å²) in [6.45, 7) is 2.07. The lowest BCUT2D eigenvalue weighted by atomic mass is 9.77. The molecule has 1 unspecified atom stereocenters. The van der Waals surface area contributed by atoms with Gasteiger partial charge < -0.3 is 5.32 Å². The van der Waals surface area contributed by atoms with Gasteiger partial charge >= 0.3 is 0 Å². The Labute approximate surface area is 114 Å². The van der Waals surface area contributed by atoms with Gasteiger partial charge in [-0.05, 0) is 45.6 Å². The Hall–Kier alpha value is -0.640. The highest BCUT2D eigenvalue weighted by Crippen LogP contribution is 2.34. The first-order valence-corrected chi connectivity index (χ1v) is 7.46. The minimum absolute atomic E-state index is 0.717. The van der Waals surface area contributed by atoms with Crippen molar-refractivity contribution in [3.8, 4) is 0 Å². The Balaban J connectivity index is 1.51. The average molecular weight is 308 g/mol. The van der Waals surface area contributed by atoms with E-state index >= 15 is 0 Å². The van der Waals surface area contributed by atoms with Crippen molar-refractivity contribution in [3.63, 3.8) is 0 Å². The lowest BCUT2D eigenvalue weighted by molar-refractivity contribution is 0.537. The summed E-state index contributed by atoms with van der Waals surface area (Å²) in [5.74, 6) is 0.717. The number of hydrogen-bond donors (Lipinski definition) is 1. The molecule has 1 heterocycles. The number of thiophene rings is 1. The summed E-state index contributed by atoms with van der Waals surface area (Å²) in [6, 6.07) is 13.1. The maximum absolute atomic E-state index is 3.55. The molecular formula is C14H14BrNS. The van der Waals surface area contributed by atoms with E-state index in [0.717, 1.165) is 19.0 Å². The molecule has 0 spiro atoms. The molecule has 1 nitrogen and oxygen atoms in total. The molecule has 0 amide bonds. The van der Waals surface area contributed by atoms with Gasteiger partial charge in [0.1, 0.15) is 0 Å². The zero-order valence-electron chi connectivity index (χ0n) is 9.45. The van der Waals surface area contributed by atoms with Gasteiger partial charge in [0.15, 0.2) is 0 Å². The zero-order chi connectivity index (χ0) is 11.7. The number of halogens is 1. The first kappa shape index (κ1) is 11.5. The number of hydrogen-bond acceptors (Lipinski definition) is 2. The molecule has 17 heavy (non-hydrogen) atoms. The van der Waals surface area contributed by atoms with Crippen LogP contribution in [0, 0.1) is 0 Å². The van der Waals surface area contributed by atoms with Crippen LogP contribution in [0.2, 0.25) is 0 Å². The summed E-state index contributed by atoms with van der Waals surface area (Å²) < 4.78 is 1.21. The van der Waals surface area contributed by atoms with Crippen molar-refractivity contribution in [2.24, 2.45) is 0 Å². The van der Waals surface area contributed by atoms with Gasteiger partial charge in [-0.25, -0.2) is 0 Å². The molecule has 1 aromatic carbocycles. The molecule has 1 aliphatic rings. The third-order valence-corrected chi connectivity index (χ3v) is 4.90. The molecule has 0 radical (unpaired) electrons. The van der Waals surface area contributed by atoms with E-state index < -0.39 is 0 Å². The Kier molecular flexibility index (Phi) is 3.32. The van der Waals surface area contributed by atoms with Crippen LogP contribution in [-0.4, -0.2) is 6.54 Å². The van der Waals surface area contributed by atoms with Crippen LogP contribution in [0.1, 0.15) is 21.9 Å². The Morgan fingerprint density at radius 3 is 2.88 bits per heavy atom. The Bertz CT molecular complexity index is 520. The van der Waals surface area contributed by atoms with Gasteiger partial charge in [-0.15, -0.1) is 11.3 Å². The van der Waals surface area contributed by atoms with Crippen molar-refractivity contribution in [3.05, 3.63) is 56.2 Å². The number of nitrogens with one attached hydrogen (secondary N) is 1. The summed E-state index contributed by atoms with van der Waals surface area (Å²) in [7, 11) is 0. The second-order valence-electron chi connectivity index (χ2n) is 4.44. The van der Waals surface area contributed by atoms with Crippen LogP contribution >= 0.6 is 27.3 Å². The van der Waals surface area contributed by atoms with Crippen molar-refractivity contribution in [1.29, 1.82) is 0 Å². The lowest BCUT2D eigenvalue weighted by Crippen LogP contribution is -2.28. The van der Waals surface area contributed by atoms with Gasteiger partial charge in [-0.3, -0.25) is 0 Å². The first-order valence-electron chi connectivity index (χ1n) is 5.85. The highest BCUT2D eigenvalue weighted by atomic mass is 79.9. The number of fused-ring (bicyclic) bond motifs is 1. The van der Waals surface area contributed by atoms with Gasteiger partial charge in [0.25, 0.3) is 0 Å². The third-order valence-electron chi connectivity index (χ3n) is 3.28. The van der Waals surface area contributed by atoms with E-state index in [0.29, 0.717) is 0 Å². The minimum atomic E-state index is 0.717. The molecule has 0 aliphatic heterocycles. The van der Waals surface area contributed by atoms with Gasteiger partial charge in [0.2, 0.25) is 0 Å². The van der Waals surface area contributed by atoms with Crippen LogP contribution in [0.25, 0.3) is 0 Å². The summed E-state index contributed by atoms with van der Waals surface area (Å²) in [6.07, 6.45) is 1.23. The molecule has 0 saturated heterocycles. The highest BCUT2D eigenvalue weighted by Gasteiger charge is 2.24. The fourth-order valence-electron chi connectivity index (χ4n) is 2.36. The highest BCUT2D eigenvalue weighted by molar-refractivity contribution is 9.11. The van der Waals surface area contributed by atoms with Crippen LogP contribution in [-0.2, 0) is 13.0 Å². The molecule has 1 atom stereocenters. The molecule has 0 bridgehead atoms. The minimum Gasteiger partial charge on any atom is -0.311 e. The smallest absolute Gasteiger partial charge is 0.0701 e. The lowest BCUT2D eigenvalue weighted by Gasteiger charge is -2.30. The normalized spacial score (nSPS) is 17.6. The van der Waals surface area contributed by atoms with Crippen LogP contribution in [0.3, 0.4) is 0 Å². The quantitative estimate of drug-likeness (QED) is 0.902. The Morgan fingerprint density at radius 2 is 2.12 bits per heavy atom. The fourth-order valence-corrected chi connectivity index (χ4v) is 3.81. The monoisotopic (exact) mass is 307 g/mol. The number of benzene rings is 1. The van der Waals surface area contributed by atoms with Crippen molar-refractivity contribution in [2.45, 2.75) is 18.9 Å². The Morgan fingerprint density at radius 1 is 1.24 bits per heavy atom. The third kappa shape index (κ3) is 2.46. The van der Waals surface area contributed by atoms with Gasteiger partial charge in [-0.2, -0.15) is 0 Å². The standard InChI is InChI=1S/C14H14BrNS/c15-14-6-5-12(17-14)9-16-8-11-7-10-3-1-2-4-13(10)11/h1-6,11,16H,7-9H2. The van der Waals surface area contributed by atoms with Crippen molar-refractivity contribution in [1.82, 2.24) is 5.32 Å². The van der Waals surface area contributed by atoms with E-state index in [9.17, 15) is 0 Å². The van der Waals surface area contributed by atoms with Crippen molar-refractivity contribution >= 4 is 27.3 Å². The van der Waals surface area contributed by atoms with Crippen LogP contribution < -0.4 is 5.32 Å². The van der Waals surface area contributed by atoms with E-state index in [1.54, 1.807) is 11.3 Å². The predicted octanol–water partition coefficient (Wildman–Crippen LogP) is 3.94. The van der Waals surface area contributed by atoms with E-state index in [-0.39, 0.29) is 0 Å². The van der Waals surface area contributed by atoms with Crippen LogP contribution in [0.15, 0.2) is 40.2 Å². The van der Waals surface area contributed by atoms with E-state index in [1.165, 1.54) is 26.2 Å². The summed E-state index contributed by atoms with van der Waals surface area (Å²) >= 11 is 5.29. The maximum Gasteiger partial charge on any atom is 0.0701 e. The first-order chi connectivity index (χ1) is 8.33. The van der Waals surface area contributed by atoms with Crippen LogP contribution in [0.5, 0.6) is 0 Å². The van der Waals surface area contributed by atoms with Gasteiger partial charge in [-0.1, -0.05) is 24.3 Å². The molecule has 1 N–H and O–H groups in total. The van der Waals surface area contributed by atoms with Crippen molar-refractivity contribution in [2.75, 3.05) is 6.54 Å².